The fourth-order valence-corrected chi connectivity index (χ4v) is 3.02. The van der Waals surface area contributed by atoms with E-state index in [0.717, 1.165) is 0 Å². The number of H-pyrrole nitrogens is 1. The lowest BCUT2D eigenvalue weighted by atomic mass is 10.2. The second-order valence-electron chi connectivity index (χ2n) is 5.44. The van der Waals surface area contributed by atoms with Crippen LogP contribution in [-0.4, -0.2) is 36.2 Å². The van der Waals surface area contributed by atoms with Crippen LogP contribution in [0.25, 0.3) is 16.6 Å². The quantitative estimate of drug-likeness (QED) is 0.500. The van der Waals surface area contributed by atoms with E-state index in [9.17, 15) is 9.90 Å². The Bertz CT molecular complexity index is 1170. The molecule has 2 heterocycles. The third kappa shape index (κ3) is 3.25. The molecule has 2 N–H and O–H groups in total. The summed E-state index contributed by atoms with van der Waals surface area (Å²) in [4.78, 5) is 15.0. The molecule has 0 saturated carbocycles. The van der Waals surface area contributed by atoms with Crippen molar-refractivity contribution in [3.05, 3.63) is 58.3 Å². The summed E-state index contributed by atoms with van der Waals surface area (Å²) in [5, 5.41) is 29.6. The number of carbonyl (C=O) groups is 1. The van der Waals surface area contributed by atoms with Gasteiger partial charge < -0.3 is 10.1 Å². The number of benzene rings is 2. The minimum atomic E-state index is -0.583. The highest BCUT2D eigenvalue weighted by Crippen LogP contribution is 2.40. The Balaban J connectivity index is 1.62. The number of fused-ring (bicyclic) bond motifs is 1. The Morgan fingerprint density at radius 3 is 2.67 bits per heavy atom. The van der Waals surface area contributed by atoms with E-state index in [2.05, 4.69) is 30.7 Å². The molecule has 0 fully saturated rings. The molecular formula is C16H9Cl2N7O2. The zero-order chi connectivity index (χ0) is 19.0. The van der Waals surface area contributed by atoms with Gasteiger partial charge in [-0.05, 0) is 46.8 Å². The molecule has 27 heavy (non-hydrogen) atoms. The number of amides is 1. The van der Waals surface area contributed by atoms with Crippen LogP contribution in [0.15, 0.2) is 53.0 Å². The molecule has 1 amide bonds. The van der Waals surface area contributed by atoms with E-state index in [1.165, 1.54) is 17.1 Å². The van der Waals surface area contributed by atoms with Crippen molar-refractivity contribution >= 4 is 45.7 Å². The first-order valence-electron chi connectivity index (χ1n) is 7.52. The molecule has 0 bridgehead atoms. The van der Waals surface area contributed by atoms with Crippen LogP contribution in [0, 0.1) is 0 Å². The number of nitrogens with one attached hydrogen (secondary N) is 1. The zero-order valence-electron chi connectivity index (χ0n) is 13.3. The molecule has 0 aliphatic rings. The van der Waals surface area contributed by atoms with Gasteiger partial charge in [0.1, 0.15) is 6.33 Å². The molecule has 9 nitrogen and oxygen atoms in total. The van der Waals surface area contributed by atoms with Gasteiger partial charge in [0.25, 0.3) is 5.91 Å². The molecule has 2 aromatic heterocycles. The lowest BCUT2D eigenvalue weighted by molar-refractivity contribution is 0.0995. The summed E-state index contributed by atoms with van der Waals surface area (Å²) in [6.45, 7) is 0. The summed E-state index contributed by atoms with van der Waals surface area (Å²) in [6.07, 6.45) is 1.44. The second-order valence-corrected chi connectivity index (χ2v) is 6.28. The molecule has 0 spiro atoms. The van der Waals surface area contributed by atoms with Gasteiger partial charge in [-0.15, -0.1) is 15.3 Å². The molecular weight excluding hydrogens is 393 g/mol. The lowest BCUT2D eigenvalue weighted by Gasteiger charge is -1.99. The van der Waals surface area contributed by atoms with Crippen molar-refractivity contribution in [3.63, 3.8) is 0 Å². The smallest absolute Gasteiger partial charge is 0.295 e. The Morgan fingerprint density at radius 2 is 1.96 bits per heavy atom. The number of nitrogens with zero attached hydrogens (tertiary/aromatic N) is 6. The van der Waals surface area contributed by atoms with Crippen LogP contribution in [0.5, 0.6) is 5.88 Å². The van der Waals surface area contributed by atoms with Crippen LogP contribution in [-0.2, 0) is 0 Å². The van der Waals surface area contributed by atoms with Gasteiger partial charge in [0.15, 0.2) is 5.69 Å². The summed E-state index contributed by atoms with van der Waals surface area (Å²) < 4.78 is 1.45. The van der Waals surface area contributed by atoms with Crippen LogP contribution in [0.1, 0.15) is 10.4 Å². The number of tetrazole rings is 1. The van der Waals surface area contributed by atoms with E-state index in [1.54, 1.807) is 30.3 Å². The van der Waals surface area contributed by atoms with Crippen LogP contribution in [0.2, 0.25) is 10.0 Å². The maximum atomic E-state index is 12.3. The number of azo groups is 1. The number of halogens is 2. The van der Waals surface area contributed by atoms with Gasteiger partial charge in [-0.1, -0.05) is 23.2 Å². The number of aromatic hydroxyl groups is 1. The number of carbonyl (C=O) groups excluding carboxylic acids is 1. The summed E-state index contributed by atoms with van der Waals surface area (Å²) in [7, 11) is 0. The third-order valence-electron chi connectivity index (χ3n) is 3.75. The maximum Gasteiger partial charge on any atom is 0.295 e. The number of rotatable bonds is 3. The zero-order valence-corrected chi connectivity index (χ0v) is 14.8. The summed E-state index contributed by atoms with van der Waals surface area (Å²) >= 11 is 12.1. The van der Waals surface area contributed by atoms with E-state index in [0.29, 0.717) is 32.2 Å². The number of aromatic nitrogens is 5. The number of hydrogen-bond donors (Lipinski definition) is 2. The summed E-state index contributed by atoms with van der Waals surface area (Å²) in [5.74, 6) is -0.847. The van der Waals surface area contributed by atoms with Crippen LogP contribution >= 0.6 is 23.2 Å². The fraction of sp³-hybridized carbons (Fsp3) is 0. The molecule has 0 radical (unpaired) electrons. The minimum Gasteiger partial charge on any atom is -0.493 e. The number of aromatic amines is 1. The summed E-state index contributed by atoms with van der Waals surface area (Å²) in [5.41, 5.74) is 1.52. The normalized spacial score (nSPS) is 11.5. The van der Waals surface area contributed by atoms with Crippen molar-refractivity contribution in [2.24, 2.45) is 10.2 Å². The van der Waals surface area contributed by atoms with E-state index in [-0.39, 0.29) is 11.6 Å². The Kier molecular flexibility index (Phi) is 4.30. The molecule has 0 aliphatic heterocycles. The molecule has 134 valence electrons. The van der Waals surface area contributed by atoms with Crippen LogP contribution < -0.4 is 0 Å². The maximum absolute atomic E-state index is 12.3. The highest BCUT2D eigenvalue weighted by atomic mass is 35.5. The van der Waals surface area contributed by atoms with Crippen molar-refractivity contribution in [3.8, 4) is 11.6 Å². The van der Waals surface area contributed by atoms with Gasteiger partial charge >= 0.3 is 0 Å². The van der Waals surface area contributed by atoms with Crippen molar-refractivity contribution in [2.75, 3.05) is 0 Å². The highest BCUT2D eigenvalue weighted by molar-refractivity contribution is 6.38. The van der Waals surface area contributed by atoms with Crippen LogP contribution in [0.3, 0.4) is 0 Å². The molecule has 2 aromatic carbocycles. The Hall–Kier alpha value is -3.30. The topological polar surface area (TPSA) is 121 Å². The van der Waals surface area contributed by atoms with Crippen molar-refractivity contribution in [1.82, 2.24) is 25.2 Å². The molecule has 0 saturated heterocycles. The van der Waals surface area contributed by atoms with Crippen molar-refractivity contribution < 1.29 is 9.90 Å². The Labute approximate surface area is 161 Å². The number of hydrogen-bond acceptors (Lipinski definition) is 6. The van der Waals surface area contributed by atoms with Gasteiger partial charge in [-0.3, -0.25) is 4.79 Å². The molecule has 0 aliphatic carbocycles. The lowest BCUT2D eigenvalue weighted by Crippen LogP contribution is -1.98. The largest absolute Gasteiger partial charge is 0.493 e. The van der Waals surface area contributed by atoms with E-state index >= 15 is 0 Å². The SMILES string of the molecule is O=C(N=Nc1c(O)[nH]c2c(Cl)cc(Cl)cc12)c1ccc(-n2cnnn2)cc1. The van der Waals surface area contributed by atoms with Crippen LogP contribution in [0.4, 0.5) is 5.69 Å². The summed E-state index contributed by atoms with van der Waals surface area (Å²) in [6, 6.07) is 9.57. The first-order valence-corrected chi connectivity index (χ1v) is 8.27. The average molecular weight is 402 g/mol. The van der Waals surface area contributed by atoms with E-state index in [4.69, 9.17) is 23.2 Å². The highest BCUT2D eigenvalue weighted by Gasteiger charge is 2.15. The van der Waals surface area contributed by atoms with E-state index < -0.39 is 5.91 Å². The standard InChI is InChI=1S/C16H9Cl2N7O2/c17-9-5-11-13(12(18)6-9)20-16(27)14(11)21-22-15(26)8-1-3-10(4-2-8)25-7-19-23-24-25/h1-7,20,27H. The molecule has 4 rings (SSSR count). The van der Waals surface area contributed by atoms with Crippen molar-refractivity contribution in [1.29, 1.82) is 0 Å². The first kappa shape index (κ1) is 17.1. The van der Waals surface area contributed by atoms with Gasteiger partial charge in [0.2, 0.25) is 5.88 Å². The predicted octanol–water partition coefficient (Wildman–Crippen LogP) is 4.08. The van der Waals surface area contributed by atoms with E-state index in [1.807, 2.05) is 0 Å². The first-order chi connectivity index (χ1) is 13.0. The molecule has 0 atom stereocenters. The molecule has 0 unspecified atom stereocenters. The van der Waals surface area contributed by atoms with Crippen molar-refractivity contribution in [2.45, 2.75) is 0 Å². The van der Waals surface area contributed by atoms with Gasteiger partial charge in [-0.25, -0.2) is 4.68 Å². The monoisotopic (exact) mass is 401 g/mol. The van der Waals surface area contributed by atoms with Gasteiger partial charge in [0.05, 0.1) is 16.2 Å². The molecule has 4 aromatic rings. The average Bonchev–Trinajstić information content (AvgIpc) is 3.28. The third-order valence-corrected chi connectivity index (χ3v) is 4.26. The fourth-order valence-electron chi connectivity index (χ4n) is 2.48. The Morgan fingerprint density at radius 1 is 1.19 bits per heavy atom. The predicted molar refractivity (Wildman–Crippen MR) is 98.0 cm³/mol. The van der Waals surface area contributed by atoms with Gasteiger partial charge in [0, 0.05) is 16.0 Å². The second kappa shape index (κ2) is 6.78. The van der Waals surface area contributed by atoms with Gasteiger partial charge in [-0.2, -0.15) is 0 Å². The minimum absolute atomic E-state index is 0.0769. The molecule has 11 heteroatoms.